The van der Waals surface area contributed by atoms with E-state index in [9.17, 15) is 8.42 Å². The molecule has 1 saturated heterocycles. The lowest BCUT2D eigenvalue weighted by Gasteiger charge is -2.33. The van der Waals surface area contributed by atoms with E-state index in [0.717, 1.165) is 24.6 Å². The predicted molar refractivity (Wildman–Crippen MR) is 151 cm³/mol. The zero-order chi connectivity index (χ0) is 24.6. The molecule has 0 amide bonds. The smallest absolute Gasteiger partial charge is 0.175 e. The van der Waals surface area contributed by atoms with E-state index < -0.39 is 9.84 Å². The fourth-order valence-corrected chi connectivity index (χ4v) is 7.16. The number of hydrogen-bond donors (Lipinski definition) is 0. The molecule has 5 heteroatoms. The minimum absolute atomic E-state index is 0.318. The summed E-state index contributed by atoms with van der Waals surface area (Å²) in [6, 6.07) is 14.8. The number of hydrogen-bond acceptors (Lipinski definition) is 4. The molecule has 2 aliphatic heterocycles. The SMILES string of the molecule is CC(C)C(=Cc1ccc2scc(C3=CCN4CCCCC4CC3)c2c1)c1ccc(S(C)(=O)=O)cc1. The molecule has 2 aromatic carbocycles. The molecule has 1 unspecified atom stereocenters. The van der Waals surface area contributed by atoms with Crippen LogP contribution in [0.5, 0.6) is 0 Å². The lowest BCUT2D eigenvalue weighted by atomic mass is 9.92. The Morgan fingerprint density at radius 3 is 2.63 bits per heavy atom. The van der Waals surface area contributed by atoms with E-state index in [1.165, 1.54) is 70.8 Å². The molecule has 3 heterocycles. The van der Waals surface area contributed by atoms with Gasteiger partial charge >= 0.3 is 0 Å². The molecule has 0 N–H and O–H groups in total. The Balaban J connectivity index is 1.48. The van der Waals surface area contributed by atoms with Crippen LogP contribution in [0.25, 0.3) is 27.3 Å². The average molecular weight is 506 g/mol. The van der Waals surface area contributed by atoms with Crippen molar-refractivity contribution in [2.24, 2.45) is 5.92 Å². The van der Waals surface area contributed by atoms with Crippen LogP contribution in [0.15, 0.2) is 58.8 Å². The standard InChI is InChI=1S/C30H35NO2S2/c1-21(2)27(23-9-12-26(13-10-23)35(3,32)33)18-22-7-14-30-28(19-22)29(20-34-30)24-8-11-25-6-4-5-16-31(25)17-15-24/h7,9-10,12-15,18-21,25H,4-6,8,11,16-17H2,1-3H3. The molecule has 1 fully saturated rings. The Bertz CT molecular complexity index is 1380. The second-order valence-corrected chi connectivity index (χ2v) is 13.3. The largest absolute Gasteiger partial charge is 0.297 e. The van der Waals surface area contributed by atoms with Gasteiger partial charge in [-0.05, 0) is 95.6 Å². The lowest BCUT2D eigenvalue weighted by Crippen LogP contribution is -2.38. The number of sulfone groups is 1. The summed E-state index contributed by atoms with van der Waals surface area (Å²) in [5.74, 6) is 0.318. The van der Waals surface area contributed by atoms with E-state index in [1.54, 1.807) is 12.1 Å². The maximum atomic E-state index is 11.9. The Labute approximate surface area is 214 Å². The number of rotatable bonds is 5. The maximum Gasteiger partial charge on any atom is 0.175 e. The van der Waals surface area contributed by atoms with Crippen molar-refractivity contribution in [3.05, 3.63) is 70.6 Å². The summed E-state index contributed by atoms with van der Waals surface area (Å²) in [6.45, 7) is 6.71. The number of benzene rings is 2. The van der Waals surface area contributed by atoms with Gasteiger partial charge in [0.25, 0.3) is 0 Å². The van der Waals surface area contributed by atoms with Gasteiger partial charge in [0.15, 0.2) is 9.84 Å². The first kappa shape index (κ1) is 24.5. The van der Waals surface area contributed by atoms with E-state index in [2.05, 4.69) is 54.5 Å². The fraction of sp³-hybridized carbons (Fsp3) is 0.400. The summed E-state index contributed by atoms with van der Waals surface area (Å²) in [4.78, 5) is 3.05. The molecular weight excluding hydrogens is 470 g/mol. The molecule has 0 spiro atoms. The zero-order valence-electron chi connectivity index (χ0n) is 21.0. The van der Waals surface area contributed by atoms with Crippen molar-refractivity contribution >= 4 is 48.5 Å². The van der Waals surface area contributed by atoms with E-state index >= 15 is 0 Å². The first-order chi connectivity index (χ1) is 16.8. The summed E-state index contributed by atoms with van der Waals surface area (Å²) in [7, 11) is -3.19. The van der Waals surface area contributed by atoms with Gasteiger partial charge in [0.05, 0.1) is 4.90 Å². The highest BCUT2D eigenvalue weighted by Crippen LogP contribution is 2.37. The van der Waals surface area contributed by atoms with Gasteiger partial charge in [-0.1, -0.05) is 50.6 Å². The predicted octanol–water partition coefficient (Wildman–Crippen LogP) is 7.53. The molecule has 2 aliphatic rings. The minimum Gasteiger partial charge on any atom is -0.297 e. The maximum absolute atomic E-state index is 11.9. The highest BCUT2D eigenvalue weighted by Gasteiger charge is 2.24. The molecule has 35 heavy (non-hydrogen) atoms. The summed E-state index contributed by atoms with van der Waals surface area (Å²) in [5.41, 5.74) is 6.39. The van der Waals surface area contributed by atoms with Gasteiger partial charge in [-0.25, -0.2) is 8.42 Å². The molecule has 184 valence electrons. The highest BCUT2D eigenvalue weighted by atomic mass is 32.2. The average Bonchev–Trinajstić information content (AvgIpc) is 3.13. The van der Waals surface area contributed by atoms with Gasteiger partial charge in [-0.15, -0.1) is 11.3 Å². The third-order valence-electron chi connectivity index (χ3n) is 7.57. The van der Waals surface area contributed by atoms with Crippen molar-refractivity contribution in [3.63, 3.8) is 0 Å². The van der Waals surface area contributed by atoms with Gasteiger partial charge in [-0.2, -0.15) is 0 Å². The van der Waals surface area contributed by atoms with Crippen molar-refractivity contribution in [1.29, 1.82) is 0 Å². The molecular formula is C30H35NO2S2. The summed E-state index contributed by atoms with van der Waals surface area (Å²) in [5, 5.41) is 3.70. The molecule has 1 atom stereocenters. The molecule has 3 nitrogen and oxygen atoms in total. The van der Waals surface area contributed by atoms with Crippen LogP contribution in [0.3, 0.4) is 0 Å². The van der Waals surface area contributed by atoms with Crippen molar-refractivity contribution in [2.75, 3.05) is 19.3 Å². The van der Waals surface area contributed by atoms with Crippen LogP contribution >= 0.6 is 11.3 Å². The fourth-order valence-electron chi connectivity index (χ4n) is 5.57. The summed E-state index contributed by atoms with van der Waals surface area (Å²) < 4.78 is 25.1. The van der Waals surface area contributed by atoms with Crippen molar-refractivity contribution in [2.45, 2.75) is 56.9 Å². The van der Waals surface area contributed by atoms with Crippen LogP contribution in [0.4, 0.5) is 0 Å². The molecule has 0 saturated carbocycles. The van der Waals surface area contributed by atoms with Gasteiger partial charge in [0.2, 0.25) is 0 Å². The van der Waals surface area contributed by atoms with Crippen LogP contribution in [0.2, 0.25) is 0 Å². The van der Waals surface area contributed by atoms with Gasteiger partial charge in [0, 0.05) is 28.9 Å². The highest BCUT2D eigenvalue weighted by molar-refractivity contribution is 7.90. The molecule has 0 aliphatic carbocycles. The van der Waals surface area contributed by atoms with Crippen molar-refractivity contribution in [1.82, 2.24) is 4.90 Å². The van der Waals surface area contributed by atoms with E-state index in [1.807, 2.05) is 23.5 Å². The first-order valence-electron chi connectivity index (χ1n) is 12.8. The molecule has 0 radical (unpaired) electrons. The van der Waals surface area contributed by atoms with Gasteiger partial charge in [0.1, 0.15) is 0 Å². The second kappa shape index (κ2) is 10.0. The van der Waals surface area contributed by atoms with Crippen LogP contribution in [0, 0.1) is 5.92 Å². The summed E-state index contributed by atoms with van der Waals surface area (Å²) >= 11 is 1.84. The third kappa shape index (κ3) is 5.32. The van der Waals surface area contributed by atoms with Gasteiger partial charge in [-0.3, -0.25) is 4.90 Å². The lowest BCUT2D eigenvalue weighted by molar-refractivity contribution is 0.161. The Morgan fingerprint density at radius 1 is 1.09 bits per heavy atom. The number of thiophene rings is 1. The van der Waals surface area contributed by atoms with E-state index in [4.69, 9.17) is 0 Å². The molecule has 0 bridgehead atoms. The van der Waals surface area contributed by atoms with E-state index in [0.29, 0.717) is 10.8 Å². The summed E-state index contributed by atoms with van der Waals surface area (Å²) in [6.07, 6.45) is 12.5. The minimum atomic E-state index is -3.19. The normalized spacial score (nSPS) is 20.1. The molecule has 1 aromatic heterocycles. The van der Waals surface area contributed by atoms with Crippen molar-refractivity contribution < 1.29 is 8.42 Å². The monoisotopic (exact) mass is 505 g/mol. The van der Waals surface area contributed by atoms with Crippen LogP contribution in [0.1, 0.15) is 62.6 Å². The Kier molecular flexibility index (Phi) is 7.02. The number of fused-ring (bicyclic) bond motifs is 2. The quantitative estimate of drug-likeness (QED) is 0.336. The Hall–Kier alpha value is -2.21. The third-order valence-corrected chi connectivity index (χ3v) is 9.66. The molecule has 5 rings (SSSR count). The first-order valence-corrected chi connectivity index (χ1v) is 15.5. The number of nitrogens with zero attached hydrogens (tertiary/aromatic N) is 1. The number of allylic oxidation sites excluding steroid dienone is 2. The second-order valence-electron chi connectivity index (χ2n) is 10.4. The van der Waals surface area contributed by atoms with Crippen LogP contribution in [-0.4, -0.2) is 38.7 Å². The van der Waals surface area contributed by atoms with Crippen LogP contribution in [-0.2, 0) is 9.84 Å². The van der Waals surface area contributed by atoms with Crippen LogP contribution < -0.4 is 0 Å². The Morgan fingerprint density at radius 2 is 1.89 bits per heavy atom. The number of piperidine rings is 1. The zero-order valence-corrected chi connectivity index (χ0v) is 22.6. The van der Waals surface area contributed by atoms with Gasteiger partial charge < -0.3 is 0 Å². The topological polar surface area (TPSA) is 37.4 Å². The van der Waals surface area contributed by atoms with E-state index in [-0.39, 0.29) is 0 Å². The van der Waals surface area contributed by atoms with Crippen molar-refractivity contribution in [3.8, 4) is 0 Å². The molecule has 3 aromatic rings.